The molecule has 20 heavy (non-hydrogen) atoms. The number of aliphatic hydroxyl groups excluding tert-OH is 1. The monoisotopic (exact) mass is 282 g/mol. The smallest absolute Gasteiger partial charge is 0.339 e. The molecular weight excluding hydrogens is 266 g/mol. The SMILES string of the molecule is C=Cc1ccc([C@@H](O)C(=O)O[C@@H]2CCC(F)(F)C2)cc1. The van der Waals surface area contributed by atoms with Crippen LogP contribution < -0.4 is 0 Å². The van der Waals surface area contributed by atoms with Crippen LogP contribution in [-0.2, 0) is 9.53 Å². The highest BCUT2D eigenvalue weighted by Crippen LogP contribution is 2.36. The van der Waals surface area contributed by atoms with Crippen molar-refractivity contribution in [3.8, 4) is 0 Å². The lowest BCUT2D eigenvalue weighted by Crippen LogP contribution is -2.22. The van der Waals surface area contributed by atoms with Gasteiger partial charge in [0, 0.05) is 12.8 Å². The van der Waals surface area contributed by atoms with Crippen LogP contribution in [0.3, 0.4) is 0 Å². The summed E-state index contributed by atoms with van der Waals surface area (Å²) < 4.78 is 30.9. The van der Waals surface area contributed by atoms with Crippen molar-refractivity contribution in [2.24, 2.45) is 0 Å². The molecule has 1 fully saturated rings. The van der Waals surface area contributed by atoms with E-state index in [2.05, 4.69) is 6.58 Å². The lowest BCUT2D eigenvalue weighted by molar-refractivity contribution is -0.160. The molecule has 1 saturated carbocycles. The van der Waals surface area contributed by atoms with Gasteiger partial charge in [-0.25, -0.2) is 13.6 Å². The second kappa shape index (κ2) is 5.71. The van der Waals surface area contributed by atoms with Crippen molar-refractivity contribution >= 4 is 12.0 Å². The number of hydrogen-bond donors (Lipinski definition) is 1. The number of carbonyl (C=O) groups is 1. The van der Waals surface area contributed by atoms with E-state index in [1.54, 1.807) is 30.3 Å². The van der Waals surface area contributed by atoms with Gasteiger partial charge < -0.3 is 9.84 Å². The van der Waals surface area contributed by atoms with Crippen LogP contribution in [0, 0.1) is 0 Å². The molecule has 0 radical (unpaired) electrons. The van der Waals surface area contributed by atoms with Crippen molar-refractivity contribution in [3.05, 3.63) is 42.0 Å². The van der Waals surface area contributed by atoms with E-state index >= 15 is 0 Å². The van der Waals surface area contributed by atoms with Crippen LogP contribution in [0.15, 0.2) is 30.8 Å². The van der Waals surface area contributed by atoms with Gasteiger partial charge in [-0.15, -0.1) is 0 Å². The van der Waals surface area contributed by atoms with Gasteiger partial charge in [0.05, 0.1) is 0 Å². The molecule has 1 N–H and O–H groups in total. The maximum absolute atomic E-state index is 13.0. The van der Waals surface area contributed by atoms with E-state index in [0.717, 1.165) is 5.56 Å². The van der Waals surface area contributed by atoms with Crippen LogP contribution >= 0.6 is 0 Å². The molecule has 0 aliphatic heterocycles. The first-order chi connectivity index (χ1) is 9.41. The molecule has 5 heteroatoms. The van der Waals surface area contributed by atoms with Crippen molar-refractivity contribution in [1.29, 1.82) is 0 Å². The predicted molar refractivity (Wildman–Crippen MR) is 70.2 cm³/mol. The van der Waals surface area contributed by atoms with Gasteiger partial charge in [0.1, 0.15) is 6.10 Å². The molecule has 0 amide bonds. The third-order valence-corrected chi connectivity index (χ3v) is 3.35. The Bertz CT molecular complexity index is 496. The number of carbonyl (C=O) groups excluding carboxylic acids is 1. The van der Waals surface area contributed by atoms with Gasteiger partial charge in [0.2, 0.25) is 0 Å². The van der Waals surface area contributed by atoms with Crippen LogP contribution in [0.5, 0.6) is 0 Å². The van der Waals surface area contributed by atoms with Gasteiger partial charge in [-0.05, 0) is 17.5 Å². The van der Waals surface area contributed by atoms with E-state index in [0.29, 0.717) is 5.56 Å². The van der Waals surface area contributed by atoms with Crippen LogP contribution in [0.25, 0.3) is 6.08 Å². The summed E-state index contributed by atoms with van der Waals surface area (Å²) in [5.41, 5.74) is 1.22. The van der Waals surface area contributed by atoms with Gasteiger partial charge in [-0.2, -0.15) is 0 Å². The van der Waals surface area contributed by atoms with Gasteiger partial charge in [-0.1, -0.05) is 36.9 Å². The Morgan fingerprint density at radius 3 is 2.60 bits per heavy atom. The molecule has 0 unspecified atom stereocenters. The molecule has 1 aliphatic rings. The molecule has 0 spiro atoms. The molecule has 0 bridgehead atoms. The molecule has 0 aromatic heterocycles. The quantitative estimate of drug-likeness (QED) is 0.863. The number of esters is 1. The number of hydrogen-bond acceptors (Lipinski definition) is 3. The average Bonchev–Trinajstić information content (AvgIpc) is 2.77. The molecule has 2 rings (SSSR count). The van der Waals surface area contributed by atoms with Gasteiger partial charge in [0.25, 0.3) is 5.92 Å². The Kier molecular flexibility index (Phi) is 4.18. The van der Waals surface area contributed by atoms with E-state index in [1.165, 1.54) is 0 Å². The summed E-state index contributed by atoms with van der Waals surface area (Å²) in [5.74, 6) is -3.67. The minimum Gasteiger partial charge on any atom is -0.460 e. The molecule has 108 valence electrons. The number of alkyl halides is 2. The Labute approximate surface area is 115 Å². The zero-order valence-corrected chi connectivity index (χ0v) is 10.9. The first kappa shape index (κ1) is 14.7. The third kappa shape index (κ3) is 3.42. The van der Waals surface area contributed by atoms with Crippen LogP contribution in [-0.4, -0.2) is 23.1 Å². The van der Waals surface area contributed by atoms with E-state index in [9.17, 15) is 18.7 Å². The summed E-state index contributed by atoms with van der Waals surface area (Å²) >= 11 is 0. The Morgan fingerprint density at radius 2 is 2.10 bits per heavy atom. The molecule has 0 saturated heterocycles. The maximum atomic E-state index is 13.0. The fraction of sp³-hybridized carbons (Fsp3) is 0.400. The fourth-order valence-corrected chi connectivity index (χ4v) is 2.19. The molecule has 1 aliphatic carbocycles. The Balaban J connectivity index is 1.96. The second-order valence-electron chi connectivity index (χ2n) is 4.93. The standard InChI is InChI=1S/C15H16F2O3/c1-2-10-3-5-11(6-4-10)13(18)14(19)20-12-7-8-15(16,17)9-12/h2-6,12-13,18H,1,7-9H2/t12-,13-/m1/s1. The topological polar surface area (TPSA) is 46.5 Å². The maximum Gasteiger partial charge on any atom is 0.339 e. The minimum absolute atomic E-state index is 0.126. The number of ether oxygens (including phenoxy) is 1. The fourth-order valence-electron chi connectivity index (χ4n) is 2.19. The van der Waals surface area contributed by atoms with E-state index in [1.807, 2.05) is 0 Å². The van der Waals surface area contributed by atoms with Crippen molar-refractivity contribution in [2.75, 3.05) is 0 Å². The Morgan fingerprint density at radius 1 is 1.45 bits per heavy atom. The predicted octanol–water partition coefficient (Wildman–Crippen LogP) is 3.09. The first-order valence-electron chi connectivity index (χ1n) is 6.40. The zero-order valence-electron chi connectivity index (χ0n) is 10.9. The lowest BCUT2D eigenvalue weighted by atomic mass is 10.1. The molecular formula is C15H16F2O3. The van der Waals surface area contributed by atoms with Crippen LogP contribution in [0.4, 0.5) is 8.78 Å². The lowest BCUT2D eigenvalue weighted by Gasteiger charge is -2.16. The number of halogens is 2. The average molecular weight is 282 g/mol. The van der Waals surface area contributed by atoms with Gasteiger partial charge in [0.15, 0.2) is 6.10 Å². The highest BCUT2D eigenvalue weighted by molar-refractivity contribution is 5.76. The van der Waals surface area contributed by atoms with E-state index < -0.39 is 30.5 Å². The summed E-state index contributed by atoms with van der Waals surface area (Å²) in [6.45, 7) is 3.60. The third-order valence-electron chi connectivity index (χ3n) is 3.35. The second-order valence-corrected chi connectivity index (χ2v) is 4.93. The van der Waals surface area contributed by atoms with E-state index in [-0.39, 0.29) is 12.8 Å². The number of benzene rings is 1. The summed E-state index contributed by atoms with van der Waals surface area (Å²) in [6, 6.07) is 6.55. The van der Waals surface area contributed by atoms with E-state index in [4.69, 9.17) is 4.74 Å². The molecule has 2 atom stereocenters. The number of rotatable bonds is 4. The van der Waals surface area contributed by atoms with Crippen molar-refractivity contribution in [1.82, 2.24) is 0 Å². The highest BCUT2D eigenvalue weighted by Gasteiger charge is 2.41. The molecule has 0 heterocycles. The van der Waals surface area contributed by atoms with Gasteiger partial charge in [-0.3, -0.25) is 0 Å². The number of aliphatic hydroxyl groups is 1. The summed E-state index contributed by atoms with van der Waals surface area (Å²) in [5, 5.41) is 9.86. The first-order valence-corrected chi connectivity index (χ1v) is 6.40. The molecule has 1 aromatic carbocycles. The van der Waals surface area contributed by atoms with Crippen molar-refractivity contribution in [3.63, 3.8) is 0 Å². The van der Waals surface area contributed by atoms with Crippen LogP contribution in [0.2, 0.25) is 0 Å². The zero-order chi connectivity index (χ0) is 14.8. The van der Waals surface area contributed by atoms with Crippen molar-refractivity contribution < 1.29 is 23.4 Å². The normalized spacial score (nSPS) is 22.2. The summed E-state index contributed by atoms with van der Waals surface area (Å²) in [4.78, 5) is 11.7. The largest absolute Gasteiger partial charge is 0.460 e. The Hall–Kier alpha value is -1.75. The molecule has 1 aromatic rings. The van der Waals surface area contributed by atoms with Crippen molar-refractivity contribution in [2.45, 2.75) is 37.4 Å². The molecule has 3 nitrogen and oxygen atoms in total. The summed E-state index contributed by atoms with van der Waals surface area (Å²) in [7, 11) is 0. The van der Waals surface area contributed by atoms with Gasteiger partial charge >= 0.3 is 5.97 Å². The minimum atomic E-state index is -2.78. The summed E-state index contributed by atoms with van der Waals surface area (Å²) in [6.07, 6.45) is -1.27. The van der Waals surface area contributed by atoms with Crippen LogP contribution in [0.1, 0.15) is 36.5 Å². The highest BCUT2D eigenvalue weighted by atomic mass is 19.3.